The first-order valence-electron chi connectivity index (χ1n) is 3.97. The molecule has 0 bridgehead atoms. The Morgan fingerprint density at radius 1 is 1.18 bits per heavy atom. The molecule has 1 aliphatic heterocycles. The normalized spacial score (nSPS) is 26.4. The second kappa shape index (κ2) is 4.18. The number of hydrogen-bond donors (Lipinski definition) is 0. The largest absolute Gasteiger partial charge is 0.305 e. The molecular weight excluding hydrogens is 160 g/mol. The molecule has 0 aromatic rings. The first-order chi connectivity index (χ1) is 5.20. The molecule has 0 aromatic heterocycles. The molecule has 1 atom stereocenters. The van der Waals surface area contributed by atoms with Gasteiger partial charge in [-0.2, -0.15) is 0 Å². The molecule has 1 heterocycles. The molecule has 0 N–H and O–H groups in total. The zero-order chi connectivity index (χ0) is 8.27. The standard InChI is InChI=1S/C7H16N2OS/c1-8-4-3-5-9(7-6-8)11(2)10/h3-7H2,1-2H3. The Labute approximate surface area is 71.0 Å². The third-order valence-electron chi connectivity index (χ3n) is 2.04. The number of nitrogens with zero attached hydrogens (tertiary/aromatic N) is 2. The lowest BCUT2D eigenvalue weighted by Crippen LogP contribution is -2.29. The number of rotatable bonds is 1. The van der Waals surface area contributed by atoms with Crippen molar-refractivity contribution in [2.75, 3.05) is 39.5 Å². The van der Waals surface area contributed by atoms with E-state index in [1.54, 1.807) is 6.26 Å². The van der Waals surface area contributed by atoms with Gasteiger partial charge in [0.25, 0.3) is 0 Å². The summed E-state index contributed by atoms with van der Waals surface area (Å²) in [5, 5.41) is 0. The molecular formula is C7H16N2OS. The van der Waals surface area contributed by atoms with E-state index in [2.05, 4.69) is 11.9 Å². The third kappa shape index (κ3) is 2.89. The number of hydrogen-bond acceptors (Lipinski definition) is 2. The van der Waals surface area contributed by atoms with E-state index in [1.165, 1.54) is 0 Å². The first-order valence-corrected chi connectivity index (χ1v) is 5.48. The molecule has 1 saturated heterocycles. The van der Waals surface area contributed by atoms with E-state index in [0.29, 0.717) is 0 Å². The van der Waals surface area contributed by atoms with Crippen molar-refractivity contribution >= 4 is 11.0 Å². The molecule has 0 saturated carbocycles. The van der Waals surface area contributed by atoms with Gasteiger partial charge in [-0.25, -0.2) is 8.51 Å². The minimum Gasteiger partial charge on any atom is -0.305 e. The zero-order valence-corrected chi connectivity index (χ0v) is 8.06. The summed E-state index contributed by atoms with van der Waals surface area (Å²) in [6.45, 7) is 4.10. The lowest BCUT2D eigenvalue weighted by atomic mass is 10.4. The van der Waals surface area contributed by atoms with E-state index in [1.807, 2.05) is 4.31 Å². The summed E-state index contributed by atoms with van der Waals surface area (Å²) in [7, 11) is 1.34. The average Bonchev–Trinajstić information content (AvgIpc) is 2.13. The van der Waals surface area contributed by atoms with Crippen molar-refractivity contribution < 1.29 is 4.21 Å². The molecule has 4 heteroatoms. The van der Waals surface area contributed by atoms with Gasteiger partial charge in [0, 0.05) is 25.9 Å². The van der Waals surface area contributed by atoms with Crippen molar-refractivity contribution in [1.82, 2.24) is 9.21 Å². The summed E-state index contributed by atoms with van der Waals surface area (Å²) in [4.78, 5) is 2.28. The number of likely N-dealkylation sites (N-methyl/N-ethyl adjacent to an activating group) is 1. The fourth-order valence-corrected chi connectivity index (χ4v) is 2.00. The lowest BCUT2D eigenvalue weighted by molar-refractivity contribution is 0.350. The van der Waals surface area contributed by atoms with Crippen LogP contribution in [0.3, 0.4) is 0 Å². The van der Waals surface area contributed by atoms with Crippen LogP contribution in [0.15, 0.2) is 0 Å². The van der Waals surface area contributed by atoms with Gasteiger partial charge in [0.15, 0.2) is 0 Å². The second-order valence-corrected chi connectivity index (χ2v) is 4.37. The topological polar surface area (TPSA) is 23.6 Å². The summed E-state index contributed by atoms with van der Waals surface area (Å²) in [6.07, 6.45) is 2.89. The highest BCUT2D eigenvalue weighted by Gasteiger charge is 2.13. The van der Waals surface area contributed by atoms with Gasteiger partial charge >= 0.3 is 0 Å². The monoisotopic (exact) mass is 176 g/mol. The van der Waals surface area contributed by atoms with Gasteiger partial charge < -0.3 is 4.90 Å². The molecule has 66 valence electrons. The molecule has 0 spiro atoms. The highest BCUT2D eigenvalue weighted by molar-refractivity contribution is 7.81. The maximum absolute atomic E-state index is 11.1. The van der Waals surface area contributed by atoms with Gasteiger partial charge in [0.05, 0.1) is 11.0 Å². The predicted molar refractivity (Wildman–Crippen MR) is 47.8 cm³/mol. The van der Waals surface area contributed by atoms with E-state index in [4.69, 9.17) is 0 Å². The van der Waals surface area contributed by atoms with E-state index in [-0.39, 0.29) is 0 Å². The van der Waals surface area contributed by atoms with Gasteiger partial charge in [-0.05, 0) is 20.0 Å². The molecule has 0 aliphatic carbocycles. The van der Waals surface area contributed by atoms with Crippen LogP contribution in [0.4, 0.5) is 0 Å². The van der Waals surface area contributed by atoms with Crippen molar-refractivity contribution in [3.63, 3.8) is 0 Å². The van der Waals surface area contributed by atoms with Gasteiger partial charge in [-0.1, -0.05) is 0 Å². The summed E-state index contributed by atoms with van der Waals surface area (Å²) < 4.78 is 13.1. The predicted octanol–water partition coefficient (Wildman–Crippen LogP) is -0.0826. The molecule has 3 nitrogen and oxygen atoms in total. The minimum absolute atomic E-state index is 0.771. The molecule has 1 aliphatic rings. The summed E-state index contributed by atoms with van der Waals surface area (Å²) in [5.41, 5.74) is 0. The Morgan fingerprint density at radius 2 is 1.91 bits per heavy atom. The molecule has 1 fully saturated rings. The van der Waals surface area contributed by atoms with E-state index in [0.717, 1.165) is 32.6 Å². The summed E-state index contributed by atoms with van der Waals surface area (Å²) in [5.74, 6) is 0. The van der Waals surface area contributed by atoms with Crippen LogP contribution in [-0.2, 0) is 11.0 Å². The Balaban J connectivity index is 2.40. The second-order valence-electron chi connectivity index (χ2n) is 3.01. The maximum atomic E-state index is 11.1. The van der Waals surface area contributed by atoms with E-state index in [9.17, 15) is 4.21 Å². The third-order valence-corrected chi connectivity index (χ3v) is 3.13. The van der Waals surface area contributed by atoms with Crippen molar-refractivity contribution in [2.24, 2.45) is 0 Å². The van der Waals surface area contributed by atoms with Crippen LogP contribution in [0.25, 0.3) is 0 Å². The van der Waals surface area contributed by atoms with Gasteiger partial charge in [-0.3, -0.25) is 0 Å². The van der Waals surface area contributed by atoms with E-state index >= 15 is 0 Å². The fourth-order valence-electron chi connectivity index (χ4n) is 1.28. The first kappa shape index (κ1) is 9.16. The zero-order valence-electron chi connectivity index (χ0n) is 7.25. The van der Waals surface area contributed by atoms with Crippen molar-refractivity contribution in [3.05, 3.63) is 0 Å². The lowest BCUT2D eigenvalue weighted by Gasteiger charge is -2.15. The highest BCUT2D eigenvalue weighted by Crippen LogP contribution is 2.01. The van der Waals surface area contributed by atoms with Crippen molar-refractivity contribution in [1.29, 1.82) is 0 Å². The van der Waals surface area contributed by atoms with Gasteiger partial charge in [0.1, 0.15) is 0 Å². The van der Waals surface area contributed by atoms with Gasteiger partial charge in [0.2, 0.25) is 0 Å². The summed E-state index contributed by atoms with van der Waals surface area (Å²) >= 11 is 0. The van der Waals surface area contributed by atoms with Crippen LogP contribution < -0.4 is 0 Å². The molecule has 1 unspecified atom stereocenters. The Hall–Kier alpha value is 0.0700. The van der Waals surface area contributed by atoms with Crippen LogP contribution in [0.5, 0.6) is 0 Å². The minimum atomic E-state index is -0.771. The van der Waals surface area contributed by atoms with Crippen LogP contribution >= 0.6 is 0 Å². The quantitative estimate of drug-likeness (QED) is 0.558. The van der Waals surface area contributed by atoms with Crippen molar-refractivity contribution in [2.45, 2.75) is 6.42 Å². The van der Waals surface area contributed by atoms with Crippen LogP contribution in [0, 0.1) is 0 Å². The molecule has 0 radical (unpaired) electrons. The Bertz CT molecular complexity index is 151. The Morgan fingerprint density at radius 3 is 2.55 bits per heavy atom. The van der Waals surface area contributed by atoms with Gasteiger partial charge in [-0.15, -0.1) is 0 Å². The molecule has 0 aromatic carbocycles. The SMILES string of the molecule is CN1CCCN(S(C)=O)CC1. The average molecular weight is 176 g/mol. The van der Waals surface area contributed by atoms with Crippen LogP contribution in [0.2, 0.25) is 0 Å². The summed E-state index contributed by atoms with van der Waals surface area (Å²) in [6, 6.07) is 0. The van der Waals surface area contributed by atoms with Crippen LogP contribution in [-0.4, -0.2) is 52.9 Å². The molecule has 0 amide bonds. The van der Waals surface area contributed by atoms with Crippen LogP contribution in [0.1, 0.15) is 6.42 Å². The highest BCUT2D eigenvalue weighted by atomic mass is 32.2. The smallest absolute Gasteiger partial charge is 0.0911 e. The van der Waals surface area contributed by atoms with Crippen molar-refractivity contribution in [3.8, 4) is 0 Å². The fraction of sp³-hybridized carbons (Fsp3) is 1.00. The van der Waals surface area contributed by atoms with E-state index < -0.39 is 11.0 Å². The molecule has 11 heavy (non-hydrogen) atoms. The Kier molecular flexibility index (Phi) is 3.48. The maximum Gasteiger partial charge on any atom is 0.0911 e. The molecule has 1 rings (SSSR count).